The summed E-state index contributed by atoms with van der Waals surface area (Å²) in [7, 11) is 1.69. The van der Waals surface area contributed by atoms with E-state index in [-0.39, 0.29) is 5.75 Å². The zero-order chi connectivity index (χ0) is 29.8. The highest BCUT2D eigenvalue weighted by molar-refractivity contribution is 5.81. The summed E-state index contributed by atoms with van der Waals surface area (Å²) in [5, 5.41) is 10.2. The number of aryl methyl sites for hydroxylation is 2. The van der Waals surface area contributed by atoms with E-state index in [0.717, 1.165) is 51.0 Å². The van der Waals surface area contributed by atoms with Crippen molar-refractivity contribution in [3.05, 3.63) is 157 Å². The normalized spacial score (nSPS) is 10.8. The molecule has 0 unspecified atom stereocenters. The summed E-state index contributed by atoms with van der Waals surface area (Å²) in [5.74, 6) is 1.05. The topological polar surface area (TPSA) is 35.9 Å². The molecular weight excluding hydrogens is 528 g/mol. The van der Waals surface area contributed by atoms with Crippen LogP contribution in [0.4, 0.5) is 34.1 Å². The number of rotatable bonds is 8. The molecular formula is C39H34N2O2. The van der Waals surface area contributed by atoms with E-state index in [0.29, 0.717) is 0 Å². The second kappa shape index (κ2) is 12.2. The number of aromatic hydroxyl groups is 1. The highest BCUT2D eigenvalue weighted by Gasteiger charge is 2.15. The average molecular weight is 563 g/mol. The average Bonchev–Trinajstić information content (AvgIpc) is 3.02. The molecule has 0 atom stereocenters. The SMILES string of the molecule is COc1cccc(N(c2ccc(-c3ccc(N(c4cccc(C)c4)c4cccc(O)c4)cc3)cc2)c2cccc(C)c2)c1. The predicted octanol–water partition coefficient (Wildman–Crippen LogP) is 10.6. The van der Waals surface area contributed by atoms with Crippen LogP contribution < -0.4 is 14.5 Å². The van der Waals surface area contributed by atoms with Crippen molar-refractivity contribution in [2.24, 2.45) is 0 Å². The second-order valence-electron chi connectivity index (χ2n) is 10.7. The first kappa shape index (κ1) is 27.7. The van der Waals surface area contributed by atoms with E-state index >= 15 is 0 Å². The van der Waals surface area contributed by atoms with Gasteiger partial charge in [0.05, 0.1) is 7.11 Å². The summed E-state index contributed by atoms with van der Waals surface area (Å²) in [6.45, 7) is 4.20. The highest BCUT2D eigenvalue weighted by Crippen LogP contribution is 2.39. The van der Waals surface area contributed by atoms with E-state index in [1.165, 1.54) is 11.1 Å². The van der Waals surface area contributed by atoms with Crippen LogP contribution in [0.1, 0.15) is 11.1 Å². The Bertz CT molecular complexity index is 1800. The third kappa shape index (κ3) is 6.09. The molecule has 0 radical (unpaired) electrons. The van der Waals surface area contributed by atoms with E-state index in [1.54, 1.807) is 19.2 Å². The van der Waals surface area contributed by atoms with Crippen LogP contribution in [0, 0.1) is 13.8 Å². The van der Waals surface area contributed by atoms with Gasteiger partial charge in [0.25, 0.3) is 0 Å². The third-order valence-electron chi connectivity index (χ3n) is 7.50. The van der Waals surface area contributed by atoms with E-state index in [2.05, 4.69) is 133 Å². The monoisotopic (exact) mass is 562 g/mol. The molecule has 0 heterocycles. The van der Waals surface area contributed by atoms with Crippen molar-refractivity contribution >= 4 is 34.1 Å². The lowest BCUT2D eigenvalue weighted by Crippen LogP contribution is -2.10. The first-order valence-corrected chi connectivity index (χ1v) is 14.4. The molecule has 1 N–H and O–H groups in total. The molecule has 6 aromatic carbocycles. The predicted molar refractivity (Wildman–Crippen MR) is 179 cm³/mol. The van der Waals surface area contributed by atoms with E-state index in [9.17, 15) is 5.11 Å². The van der Waals surface area contributed by atoms with Gasteiger partial charge in [0.15, 0.2) is 0 Å². The number of nitrogens with zero attached hydrogens (tertiary/aromatic N) is 2. The molecule has 0 aromatic heterocycles. The smallest absolute Gasteiger partial charge is 0.120 e. The van der Waals surface area contributed by atoms with Crippen molar-refractivity contribution in [1.29, 1.82) is 0 Å². The number of hydrogen-bond acceptors (Lipinski definition) is 4. The Balaban J connectivity index is 1.34. The van der Waals surface area contributed by atoms with Gasteiger partial charge in [-0.3, -0.25) is 0 Å². The van der Waals surface area contributed by atoms with Gasteiger partial charge >= 0.3 is 0 Å². The van der Waals surface area contributed by atoms with Gasteiger partial charge < -0.3 is 19.6 Å². The largest absolute Gasteiger partial charge is 0.508 e. The van der Waals surface area contributed by atoms with Gasteiger partial charge in [0, 0.05) is 46.3 Å². The van der Waals surface area contributed by atoms with E-state index in [1.807, 2.05) is 24.3 Å². The van der Waals surface area contributed by atoms with Crippen molar-refractivity contribution in [3.8, 4) is 22.6 Å². The molecule has 0 saturated carbocycles. The molecule has 4 heteroatoms. The first-order valence-electron chi connectivity index (χ1n) is 14.4. The second-order valence-corrected chi connectivity index (χ2v) is 10.7. The number of hydrogen-bond donors (Lipinski definition) is 1. The zero-order valence-corrected chi connectivity index (χ0v) is 24.6. The molecule has 0 aliphatic heterocycles. The number of anilines is 6. The van der Waals surface area contributed by atoms with Gasteiger partial charge in [0.1, 0.15) is 11.5 Å². The van der Waals surface area contributed by atoms with Crippen LogP contribution in [0.25, 0.3) is 11.1 Å². The third-order valence-corrected chi connectivity index (χ3v) is 7.50. The summed E-state index contributed by atoms with van der Waals surface area (Å²) < 4.78 is 5.53. The number of phenols is 1. The van der Waals surface area contributed by atoms with Crippen LogP contribution in [-0.4, -0.2) is 12.2 Å². The highest BCUT2D eigenvalue weighted by atomic mass is 16.5. The van der Waals surface area contributed by atoms with Gasteiger partial charge in [-0.1, -0.05) is 60.7 Å². The maximum atomic E-state index is 10.2. The maximum absolute atomic E-state index is 10.2. The molecule has 212 valence electrons. The molecule has 0 fully saturated rings. The minimum absolute atomic E-state index is 0.237. The van der Waals surface area contributed by atoms with E-state index in [4.69, 9.17) is 4.74 Å². The summed E-state index contributed by atoms with van der Waals surface area (Å²) in [4.78, 5) is 4.41. The first-order chi connectivity index (χ1) is 21.0. The molecule has 0 bridgehead atoms. The van der Waals surface area contributed by atoms with Gasteiger partial charge in [-0.15, -0.1) is 0 Å². The molecule has 6 rings (SSSR count). The Kier molecular flexibility index (Phi) is 7.84. The molecule has 0 aliphatic rings. The van der Waals surface area contributed by atoms with Crippen LogP contribution in [0.3, 0.4) is 0 Å². The maximum Gasteiger partial charge on any atom is 0.120 e. The number of benzene rings is 6. The molecule has 0 spiro atoms. The van der Waals surface area contributed by atoms with Crippen LogP contribution in [-0.2, 0) is 0 Å². The van der Waals surface area contributed by atoms with Crippen molar-refractivity contribution in [3.63, 3.8) is 0 Å². The summed E-state index contributed by atoms with van der Waals surface area (Å²) in [6, 6.07) is 49.6. The van der Waals surface area contributed by atoms with Crippen molar-refractivity contribution in [1.82, 2.24) is 0 Å². The minimum atomic E-state index is 0.237. The number of methoxy groups -OCH3 is 1. The molecule has 4 nitrogen and oxygen atoms in total. The van der Waals surface area contributed by atoms with Crippen LogP contribution in [0.5, 0.6) is 11.5 Å². The number of phenolic OH excluding ortho intramolecular Hbond substituents is 1. The minimum Gasteiger partial charge on any atom is -0.508 e. The van der Waals surface area contributed by atoms with Gasteiger partial charge in [-0.2, -0.15) is 0 Å². The molecule has 0 saturated heterocycles. The quantitative estimate of drug-likeness (QED) is 0.200. The van der Waals surface area contributed by atoms with Crippen LogP contribution >= 0.6 is 0 Å². The Labute approximate surface area is 253 Å². The Morgan fingerprint density at radius 3 is 1.30 bits per heavy atom. The lowest BCUT2D eigenvalue weighted by Gasteiger charge is -2.26. The van der Waals surface area contributed by atoms with Crippen molar-refractivity contribution in [2.45, 2.75) is 13.8 Å². The number of ether oxygens (including phenoxy) is 1. The van der Waals surface area contributed by atoms with Crippen LogP contribution in [0.2, 0.25) is 0 Å². The van der Waals surface area contributed by atoms with Gasteiger partial charge in [-0.05, 0) is 109 Å². The Hall–Kier alpha value is -5.48. The molecule has 43 heavy (non-hydrogen) atoms. The fourth-order valence-electron chi connectivity index (χ4n) is 5.42. The lowest BCUT2D eigenvalue weighted by molar-refractivity contribution is 0.415. The Morgan fingerprint density at radius 1 is 0.442 bits per heavy atom. The summed E-state index contributed by atoms with van der Waals surface area (Å²) >= 11 is 0. The molecule has 6 aromatic rings. The van der Waals surface area contributed by atoms with Crippen molar-refractivity contribution in [2.75, 3.05) is 16.9 Å². The fourth-order valence-corrected chi connectivity index (χ4v) is 5.42. The fraction of sp³-hybridized carbons (Fsp3) is 0.0769. The van der Waals surface area contributed by atoms with Gasteiger partial charge in [-0.25, -0.2) is 0 Å². The zero-order valence-electron chi connectivity index (χ0n) is 24.6. The lowest BCUT2D eigenvalue weighted by atomic mass is 10.0. The summed E-state index contributed by atoms with van der Waals surface area (Å²) in [6.07, 6.45) is 0. The Morgan fingerprint density at radius 2 is 0.860 bits per heavy atom. The van der Waals surface area contributed by atoms with E-state index < -0.39 is 0 Å². The molecule has 0 amide bonds. The van der Waals surface area contributed by atoms with Crippen molar-refractivity contribution < 1.29 is 9.84 Å². The summed E-state index contributed by atoms with van der Waals surface area (Å²) in [5.41, 5.74) is 10.8. The van der Waals surface area contributed by atoms with Crippen LogP contribution in [0.15, 0.2) is 146 Å². The standard InChI is InChI=1S/C39H34N2O2/c1-28-8-4-10-34(24-28)40(36-12-6-14-38(42)26-36)32-20-16-30(17-21-32)31-18-22-33(23-19-31)41(35-11-5-9-29(2)25-35)37-13-7-15-39(27-37)43-3/h4-27,42H,1-3H3. The van der Waals surface area contributed by atoms with Gasteiger partial charge in [0.2, 0.25) is 0 Å². The molecule has 0 aliphatic carbocycles.